The minimum atomic E-state index is -2.52. The molecule has 0 aliphatic carbocycles. The zero-order valence-electron chi connectivity index (χ0n) is 18.8. The largest absolute Gasteiger partial charge is 0.374 e. The van der Waals surface area contributed by atoms with Crippen LogP contribution in [0, 0.1) is 12.7 Å². The zero-order valence-corrected chi connectivity index (χ0v) is 20.5. The first kappa shape index (κ1) is 23.3. The molecule has 170 valence electrons. The van der Waals surface area contributed by atoms with E-state index in [4.69, 9.17) is 11.6 Å². The molecule has 0 aromatic carbocycles. The molecule has 4 rings (SSSR count). The van der Waals surface area contributed by atoms with Gasteiger partial charge in [-0.3, -0.25) is 9.97 Å². The first-order valence-corrected chi connectivity index (χ1v) is 13.5. The molecule has 4 heterocycles. The van der Waals surface area contributed by atoms with Crippen molar-refractivity contribution in [3.63, 3.8) is 0 Å². The van der Waals surface area contributed by atoms with E-state index >= 15 is 4.39 Å². The molecular weight excluding hydrogens is 460 g/mol. The Balaban J connectivity index is 1.85. The number of aryl methyl sites for hydroxylation is 1. The highest BCUT2D eigenvalue weighted by atomic mass is 35.5. The molecule has 6 nitrogen and oxygen atoms in total. The van der Waals surface area contributed by atoms with Crippen LogP contribution in [0.3, 0.4) is 0 Å². The fourth-order valence-corrected chi connectivity index (χ4v) is 4.54. The summed E-state index contributed by atoms with van der Waals surface area (Å²) in [6, 6.07) is 10.3. The number of rotatable bonds is 6. The number of fused-ring (bicyclic) bond motifs is 1. The molecule has 9 heteroatoms. The molecular formula is C24H24ClFN5OP. The van der Waals surface area contributed by atoms with Crippen molar-refractivity contribution >= 4 is 40.9 Å². The number of pyridine rings is 4. The standard InChI is InChI=1S/C24H24ClFN5OP/c1-5-17(18-8-6-7-11-27-18)30-24-21(25)14(2)29-19-12-16(26)22(31-23(19)24)15-9-10-20(28-13-15)33(3,4)32/h6-13,17H,5H2,1-4H3,(H,29,30)/t17-/m0/s1. The van der Waals surface area contributed by atoms with Crippen LogP contribution in [-0.4, -0.2) is 33.3 Å². The van der Waals surface area contributed by atoms with Gasteiger partial charge in [0.15, 0.2) is 5.82 Å². The van der Waals surface area contributed by atoms with E-state index in [-0.39, 0.29) is 11.7 Å². The van der Waals surface area contributed by atoms with Crippen molar-refractivity contribution in [2.75, 3.05) is 18.6 Å². The summed E-state index contributed by atoms with van der Waals surface area (Å²) in [4.78, 5) is 17.8. The minimum Gasteiger partial charge on any atom is -0.374 e. The second kappa shape index (κ2) is 9.16. The van der Waals surface area contributed by atoms with Gasteiger partial charge in [0.1, 0.15) is 18.4 Å². The SMILES string of the molecule is CC[C@H](Nc1c(Cl)c(C)nc2cc(F)c(-c3ccc(P(C)(C)=O)nc3)nc12)c1ccccn1. The monoisotopic (exact) mass is 483 g/mol. The Bertz CT molecular complexity index is 1360. The molecule has 1 atom stereocenters. The maximum Gasteiger partial charge on any atom is 0.151 e. The summed E-state index contributed by atoms with van der Waals surface area (Å²) in [7, 11) is -2.52. The van der Waals surface area contributed by atoms with Crippen molar-refractivity contribution in [2.24, 2.45) is 0 Å². The third-order valence-corrected chi connectivity index (χ3v) is 7.19. The van der Waals surface area contributed by atoms with Crippen LogP contribution in [0.25, 0.3) is 22.3 Å². The highest BCUT2D eigenvalue weighted by Crippen LogP contribution is 2.37. The molecule has 33 heavy (non-hydrogen) atoms. The van der Waals surface area contributed by atoms with Crippen LogP contribution in [0.1, 0.15) is 30.8 Å². The summed E-state index contributed by atoms with van der Waals surface area (Å²) < 4.78 is 27.3. The van der Waals surface area contributed by atoms with Gasteiger partial charge >= 0.3 is 0 Å². The smallest absolute Gasteiger partial charge is 0.151 e. The van der Waals surface area contributed by atoms with E-state index in [2.05, 4.69) is 25.3 Å². The van der Waals surface area contributed by atoms with Crippen molar-refractivity contribution in [3.05, 3.63) is 71.0 Å². The highest BCUT2D eigenvalue weighted by Gasteiger charge is 2.21. The maximum atomic E-state index is 15.0. The fourth-order valence-electron chi connectivity index (χ4n) is 3.58. The molecule has 0 aliphatic heterocycles. The normalized spacial score (nSPS) is 12.7. The summed E-state index contributed by atoms with van der Waals surface area (Å²) in [5.74, 6) is -0.523. The molecule has 0 bridgehead atoms. The number of anilines is 1. The molecule has 1 N–H and O–H groups in total. The van der Waals surface area contributed by atoms with E-state index in [9.17, 15) is 4.57 Å². The molecule has 4 aromatic rings. The predicted octanol–water partition coefficient (Wildman–Crippen LogP) is 6.00. The van der Waals surface area contributed by atoms with E-state index in [1.807, 2.05) is 25.1 Å². The van der Waals surface area contributed by atoms with E-state index < -0.39 is 13.0 Å². The molecule has 0 aliphatic rings. The topological polar surface area (TPSA) is 80.7 Å². The van der Waals surface area contributed by atoms with Gasteiger partial charge in [-0.25, -0.2) is 14.4 Å². The average molecular weight is 484 g/mol. The fraction of sp³-hybridized carbons (Fsp3) is 0.250. The number of hydrogen-bond donors (Lipinski definition) is 1. The Morgan fingerprint density at radius 1 is 1.15 bits per heavy atom. The second-order valence-corrected chi connectivity index (χ2v) is 11.7. The summed E-state index contributed by atoms with van der Waals surface area (Å²) in [6.07, 6.45) is 3.99. The van der Waals surface area contributed by atoms with Crippen molar-refractivity contribution in [1.29, 1.82) is 0 Å². The van der Waals surface area contributed by atoms with Crippen LogP contribution in [0.4, 0.5) is 10.1 Å². The van der Waals surface area contributed by atoms with Gasteiger partial charge in [-0.2, -0.15) is 0 Å². The lowest BCUT2D eigenvalue weighted by Gasteiger charge is -2.21. The van der Waals surface area contributed by atoms with Crippen LogP contribution in [0.5, 0.6) is 0 Å². The van der Waals surface area contributed by atoms with Crippen molar-refractivity contribution < 1.29 is 8.96 Å². The van der Waals surface area contributed by atoms with Crippen LogP contribution < -0.4 is 10.8 Å². The van der Waals surface area contributed by atoms with Crippen molar-refractivity contribution in [1.82, 2.24) is 19.9 Å². The molecule has 0 saturated carbocycles. The van der Waals surface area contributed by atoms with Gasteiger partial charge in [0, 0.05) is 24.0 Å². The van der Waals surface area contributed by atoms with E-state index in [0.717, 1.165) is 12.1 Å². The van der Waals surface area contributed by atoms with Crippen LogP contribution in [0.2, 0.25) is 5.02 Å². The van der Waals surface area contributed by atoms with Crippen molar-refractivity contribution in [2.45, 2.75) is 26.3 Å². The Labute approximate surface area is 197 Å². The third kappa shape index (κ3) is 4.75. The van der Waals surface area contributed by atoms with Gasteiger partial charge in [-0.05, 0) is 50.9 Å². The van der Waals surface area contributed by atoms with Gasteiger partial charge in [0.25, 0.3) is 0 Å². The summed E-state index contributed by atoms with van der Waals surface area (Å²) in [5, 5.41) is 3.88. The molecule has 0 unspecified atom stereocenters. The summed E-state index contributed by atoms with van der Waals surface area (Å²) in [5.41, 5.74) is 3.95. The average Bonchev–Trinajstić information content (AvgIpc) is 2.79. The first-order valence-electron chi connectivity index (χ1n) is 10.5. The maximum absolute atomic E-state index is 15.0. The lowest BCUT2D eigenvalue weighted by atomic mass is 10.1. The Morgan fingerprint density at radius 3 is 2.55 bits per heavy atom. The molecule has 0 saturated heterocycles. The molecule has 4 aromatic heterocycles. The molecule has 0 radical (unpaired) electrons. The predicted molar refractivity (Wildman–Crippen MR) is 132 cm³/mol. The van der Waals surface area contributed by atoms with Gasteiger partial charge in [-0.1, -0.05) is 24.6 Å². The minimum absolute atomic E-state index is 0.117. The van der Waals surface area contributed by atoms with Crippen molar-refractivity contribution in [3.8, 4) is 11.3 Å². The lowest BCUT2D eigenvalue weighted by Crippen LogP contribution is -2.13. The molecule has 0 amide bonds. The van der Waals surface area contributed by atoms with Gasteiger partial charge < -0.3 is 9.88 Å². The zero-order chi connectivity index (χ0) is 23.8. The number of nitrogens with one attached hydrogen (secondary N) is 1. The van der Waals surface area contributed by atoms with E-state index in [1.54, 1.807) is 38.6 Å². The quantitative estimate of drug-likeness (QED) is 0.339. The van der Waals surface area contributed by atoms with Gasteiger partial charge in [0.2, 0.25) is 0 Å². The van der Waals surface area contributed by atoms with Crippen LogP contribution in [0.15, 0.2) is 48.8 Å². The molecule has 0 spiro atoms. The lowest BCUT2D eigenvalue weighted by molar-refractivity contribution is 0.588. The van der Waals surface area contributed by atoms with Gasteiger partial charge in [0.05, 0.1) is 39.1 Å². The van der Waals surface area contributed by atoms with Crippen LogP contribution >= 0.6 is 18.7 Å². The second-order valence-electron chi connectivity index (χ2n) is 8.19. The molecule has 0 fully saturated rings. The number of halogens is 2. The van der Waals surface area contributed by atoms with E-state index in [1.165, 1.54) is 12.3 Å². The number of nitrogens with zero attached hydrogens (tertiary/aromatic N) is 4. The number of aromatic nitrogens is 4. The van der Waals surface area contributed by atoms with Gasteiger partial charge in [-0.15, -0.1) is 0 Å². The summed E-state index contributed by atoms with van der Waals surface area (Å²) >= 11 is 6.65. The first-order chi connectivity index (χ1) is 15.7. The van der Waals surface area contributed by atoms with Crippen LogP contribution in [-0.2, 0) is 4.57 Å². The summed E-state index contributed by atoms with van der Waals surface area (Å²) in [6.45, 7) is 7.10. The number of hydrogen-bond acceptors (Lipinski definition) is 6. The Kier molecular flexibility index (Phi) is 6.46. The third-order valence-electron chi connectivity index (χ3n) is 5.36. The van der Waals surface area contributed by atoms with E-state index in [0.29, 0.717) is 38.4 Å². The highest BCUT2D eigenvalue weighted by molar-refractivity contribution is 7.69. The Hall–Kier alpha value is -2.89. The Morgan fingerprint density at radius 2 is 1.94 bits per heavy atom.